The van der Waals surface area contributed by atoms with E-state index in [2.05, 4.69) is 0 Å². The predicted molar refractivity (Wildman–Crippen MR) is 98.1 cm³/mol. The number of hydrogen-bond donors (Lipinski definition) is 0. The molecule has 0 bridgehead atoms. The minimum atomic E-state index is -3.72. The summed E-state index contributed by atoms with van der Waals surface area (Å²) in [6, 6.07) is 9.10. The molecule has 0 aliphatic rings. The molecule has 0 saturated heterocycles. The van der Waals surface area contributed by atoms with Crippen LogP contribution in [0.2, 0.25) is 0 Å². The number of carbonyl (C=O) groups is 1. The molecule has 0 spiro atoms. The number of carbonyl (C=O) groups excluding carboxylic acids is 1. The predicted octanol–water partition coefficient (Wildman–Crippen LogP) is 1.77. The van der Waals surface area contributed by atoms with Gasteiger partial charge >= 0.3 is 0 Å². The first kappa shape index (κ1) is 19.9. The number of rotatable bonds is 8. The van der Waals surface area contributed by atoms with Crippen molar-refractivity contribution in [3.05, 3.63) is 58.5 Å². The Bertz CT molecular complexity index is 946. The van der Waals surface area contributed by atoms with Gasteiger partial charge in [-0.2, -0.15) is 4.31 Å². The summed E-state index contributed by atoms with van der Waals surface area (Å²) in [5, 5.41) is 0. The highest BCUT2D eigenvalue weighted by Crippen LogP contribution is 2.19. The summed E-state index contributed by atoms with van der Waals surface area (Å²) in [7, 11) is -2.26. The van der Waals surface area contributed by atoms with Crippen LogP contribution < -0.4 is 10.3 Å². The van der Waals surface area contributed by atoms with Gasteiger partial charge < -0.3 is 9.30 Å². The van der Waals surface area contributed by atoms with E-state index in [4.69, 9.17) is 4.74 Å². The van der Waals surface area contributed by atoms with E-state index in [-0.39, 0.29) is 17.2 Å². The van der Waals surface area contributed by atoms with Gasteiger partial charge in [0.25, 0.3) is 5.56 Å². The normalized spacial score (nSPS) is 11.5. The Morgan fingerprint density at radius 1 is 1.12 bits per heavy atom. The van der Waals surface area contributed by atoms with Crippen molar-refractivity contribution in [2.75, 3.05) is 20.2 Å². The van der Waals surface area contributed by atoms with Crippen LogP contribution >= 0.6 is 0 Å². The van der Waals surface area contributed by atoms with Crippen LogP contribution in [-0.2, 0) is 16.6 Å². The van der Waals surface area contributed by atoms with E-state index in [9.17, 15) is 18.0 Å². The number of ketones is 1. The maximum Gasteiger partial charge on any atom is 0.251 e. The Morgan fingerprint density at radius 3 is 2.38 bits per heavy atom. The van der Waals surface area contributed by atoms with Crippen molar-refractivity contribution in [1.29, 1.82) is 0 Å². The lowest BCUT2D eigenvalue weighted by atomic mass is 10.1. The van der Waals surface area contributed by atoms with Crippen molar-refractivity contribution in [2.24, 2.45) is 0 Å². The van der Waals surface area contributed by atoms with Gasteiger partial charge in [-0.15, -0.1) is 0 Å². The van der Waals surface area contributed by atoms with E-state index in [1.54, 1.807) is 38.1 Å². The Labute approximate surface area is 152 Å². The standard InChI is InChI=1S/C18H22N2O5S/c1-4-20(5-2)26(23,24)14-10-11-18(22)19(12-14)13-16(21)15-8-6-7-9-17(15)25-3/h6-12H,4-5,13H2,1-3H3. The van der Waals surface area contributed by atoms with Gasteiger partial charge in [0, 0.05) is 25.4 Å². The monoisotopic (exact) mass is 378 g/mol. The number of Topliss-reactive ketones (excluding diaryl/α,β-unsaturated/α-hetero) is 1. The fourth-order valence-electron chi connectivity index (χ4n) is 2.61. The molecule has 0 saturated carbocycles. The summed E-state index contributed by atoms with van der Waals surface area (Å²) in [4.78, 5) is 24.6. The highest BCUT2D eigenvalue weighted by Gasteiger charge is 2.23. The highest BCUT2D eigenvalue weighted by molar-refractivity contribution is 7.89. The molecule has 0 fully saturated rings. The van der Waals surface area contributed by atoms with E-state index >= 15 is 0 Å². The topological polar surface area (TPSA) is 85.7 Å². The number of pyridine rings is 1. The molecule has 1 aromatic heterocycles. The van der Waals surface area contributed by atoms with Crippen LogP contribution in [0.3, 0.4) is 0 Å². The summed E-state index contributed by atoms with van der Waals surface area (Å²) < 4.78 is 32.8. The van der Waals surface area contributed by atoms with E-state index in [1.165, 1.54) is 23.7 Å². The van der Waals surface area contributed by atoms with Gasteiger partial charge in [0.05, 0.1) is 24.1 Å². The van der Waals surface area contributed by atoms with Gasteiger partial charge in [-0.05, 0) is 18.2 Å². The Balaban J connectivity index is 2.39. The van der Waals surface area contributed by atoms with Crippen molar-refractivity contribution in [3.8, 4) is 5.75 Å². The molecule has 0 atom stereocenters. The highest BCUT2D eigenvalue weighted by atomic mass is 32.2. The summed E-state index contributed by atoms with van der Waals surface area (Å²) in [6.07, 6.45) is 1.21. The maximum atomic E-state index is 12.6. The number of hydrogen-bond acceptors (Lipinski definition) is 5. The molecule has 0 amide bonds. The first-order valence-electron chi connectivity index (χ1n) is 8.22. The molecule has 26 heavy (non-hydrogen) atoms. The average Bonchev–Trinajstić information content (AvgIpc) is 2.64. The number of methoxy groups -OCH3 is 1. The second kappa shape index (κ2) is 8.29. The third-order valence-electron chi connectivity index (χ3n) is 4.02. The first-order valence-corrected chi connectivity index (χ1v) is 9.66. The molecule has 140 valence electrons. The van der Waals surface area contributed by atoms with Crippen molar-refractivity contribution in [1.82, 2.24) is 8.87 Å². The summed E-state index contributed by atoms with van der Waals surface area (Å²) in [5.41, 5.74) is -0.120. The SMILES string of the molecule is CCN(CC)S(=O)(=O)c1ccc(=O)n(CC(=O)c2ccccc2OC)c1. The van der Waals surface area contributed by atoms with Crippen LogP contribution in [0.5, 0.6) is 5.75 Å². The lowest BCUT2D eigenvalue weighted by molar-refractivity contribution is 0.0967. The molecule has 2 rings (SSSR count). The van der Waals surface area contributed by atoms with E-state index in [1.807, 2.05) is 0 Å². The second-order valence-corrected chi connectivity index (χ2v) is 7.48. The van der Waals surface area contributed by atoms with Crippen molar-refractivity contribution in [3.63, 3.8) is 0 Å². The zero-order valence-corrected chi connectivity index (χ0v) is 15.8. The molecule has 8 heteroatoms. The molecule has 0 aliphatic heterocycles. The maximum absolute atomic E-state index is 12.6. The minimum Gasteiger partial charge on any atom is -0.496 e. The largest absolute Gasteiger partial charge is 0.496 e. The van der Waals surface area contributed by atoms with Crippen molar-refractivity contribution in [2.45, 2.75) is 25.3 Å². The number of sulfonamides is 1. The number of benzene rings is 1. The van der Waals surface area contributed by atoms with Crippen LogP contribution in [0.4, 0.5) is 0 Å². The van der Waals surface area contributed by atoms with Gasteiger partial charge in [-0.25, -0.2) is 8.42 Å². The zero-order chi connectivity index (χ0) is 19.3. The second-order valence-electron chi connectivity index (χ2n) is 5.54. The van der Waals surface area contributed by atoms with Crippen LogP contribution in [0.1, 0.15) is 24.2 Å². The van der Waals surface area contributed by atoms with E-state index < -0.39 is 15.6 Å². The molecule has 0 aliphatic carbocycles. The summed E-state index contributed by atoms with van der Waals surface area (Å²) >= 11 is 0. The van der Waals surface area contributed by atoms with Gasteiger partial charge in [-0.3, -0.25) is 9.59 Å². The number of aromatic nitrogens is 1. The number of ether oxygens (including phenoxy) is 1. The molecular formula is C18H22N2O5S. The Hall–Kier alpha value is -2.45. The molecule has 1 aromatic carbocycles. The van der Waals surface area contributed by atoms with E-state index in [0.29, 0.717) is 24.4 Å². The van der Waals surface area contributed by atoms with Crippen LogP contribution in [0.15, 0.2) is 52.3 Å². The third kappa shape index (κ3) is 4.03. The Morgan fingerprint density at radius 2 is 1.77 bits per heavy atom. The smallest absolute Gasteiger partial charge is 0.251 e. The van der Waals surface area contributed by atoms with Crippen molar-refractivity contribution < 1.29 is 17.9 Å². The first-order chi connectivity index (χ1) is 12.3. The Kier molecular flexibility index (Phi) is 6.33. The molecule has 7 nitrogen and oxygen atoms in total. The fourth-order valence-corrected chi connectivity index (χ4v) is 4.09. The van der Waals surface area contributed by atoms with Crippen LogP contribution in [-0.4, -0.2) is 43.3 Å². The molecule has 0 N–H and O–H groups in total. The summed E-state index contributed by atoms with van der Waals surface area (Å²) in [6.45, 7) is 3.83. The van der Waals surface area contributed by atoms with E-state index in [0.717, 1.165) is 10.6 Å². The molecular weight excluding hydrogens is 356 g/mol. The quantitative estimate of drug-likeness (QED) is 0.654. The van der Waals surface area contributed by atoms with Gasteiger partial charge in [0.2, 0.25) is 10.0 Å². The summed E-state index contributed by atoms with van der Waals surface area (Å²) in [5.74, 6) is 0.0550. The van der Waals surface area contributed by atoms with Gasteiger partial charge in [0.1, 0.15) is 5.75 Å². The minimum absolute atomic E-state index is 0.0198. The zero-order valence-electron chi connectivity index (χ0n) is 15.0. The number of nitrogens with zero attached hydrogens (tertiary/aromatic N) is 2. The lowest BCUT2D eigenvalue weighted by Crippen LogP contribution is -2.32. The van der Waals surface area contributed by atoms with Crippen LogP contribution in [0.25, 0.3) is 0 Å². The van der Waals surface area contributed by atoms with Crippen LogP contribution in [0, 0.1) is 0 Å². The number of para-hydroxylation sites is 1. The fraction of sp³-hybridized carbons (Fsp3) is 0.333. The molecule has 2 aromatic rings. The molecule has 0 radical (unpaired) electrons. The molecule has 1 heterocycles. The average molecular weight is 378 g/mol. The van der Waals surface area contributed by atoms with Gasteiger partial charge in [-0.1, -0.05) is 26.0 Å². The van der Waals surface area contributed by atoms with Crippen molar-refractivity contribution >= 4 is 15.8 Å². The molecule has 0 unspecified atom stereocenters. The van der Waals surface area contributed by atoms with Gasteiger partial charge in [0.15, 0.2) is 5.78 Å². The third-order valence-corrected chi connectivity index (χ3v) is 6.05. The lowest BCUT2D eigenvalue weighted by Gasteiger charge is -2.19.